The third kappa shape index (κ3) is 6.18. The Kier molecular flexibility index (Phi) is 7.85. The highest BCUT2D eigenvalue weighted by Gasteiger charge is 2.22. The van der Waals surface area contributed by atoms with Gasteiger partial charge in [0.25, 0.3) is 0 Å². The van der Waals surface area contributed by atoms with Gasteiger partial charge in [0.2, 0.25) is 5.91 Å². The fourth-order valence-corrected chi connectivity index (χ4v) is 2.42. The first kappa shape index (κ1) is 17.5. The lowest BCUT2D eigenvalue weighted by molar-refractivity contribution is -0.137. The molecule has 0 aliphatic heterocycles. The van der Waals surface area contributed by atoms with Crippen molar-refractivity contribution in [3.05, 3.63) is 30.3 Å². The van der Waals surface area contributed by atoms with Crippen LogP contribution in [0.1, 0.15) is 19.3 Å². The van der Waals surface area contributed by atoms with Crippen LogP contribution in [-0.4, -0.2) is 41.6 Å². The van der Waals surface area contributed by atoms with E-state index in [0.717, 1.165) is 11.4 Å². The van der Waals surface area contributed by atoms with Gasteiger partial charge in [-0.25, -0.2) is 0 Å². The van der Waals surface area contributed by atoms with Crippen molar-refractivity contribution in [3.63, 3.8) is 0 Å². The Morgan fingerprint density at radius 3 is 2.57 bits per heavy atom. The average molecular weight is 310 g/mol. The van der Waals surface area contributed by atoms with Crippen LogP contribution >= 0.6 is 11.8 Å². The van der Waals surface area contributed by atoms with Crippen molar-refractivity contribution < 1.29 is 14.7 Å². The van der Waals surface area contributed by atoms with Gasteiger partial charge >= 0.3 is 5.97 Å². The molecule has 0 radical (unpaired) electrons. The SMILES string of the molecule is CSCC[C@@H](N)C(=O)N(CCCC(=O)O)c1ccccc1. The van der Waals surface area contributed by atoms with Crippen molar-refractivity contribution in [2.45, 2.75) is 25.3 Å². The summed E-state index contributed by atoms with van der Waals surface area (Å²) < 4.78 is 0. The molecule has 1 aromatic carbocycles. The lowest BCUT2D eigenvalue weighted by Gasteiger charge is -2.25. The predicted molar refractivity (Wildman–Crippen MR) is 86.6 cm³/mol. The highest BCUT2D eigenvalue weighted by Crippen LogP contribution is 2.16. The van der Waals surface area contributed by atoms with Crippen LogP contribution in [0.25, 0.3) is 0 Å². The molecule has 1 rings (SSSR count). The largest absolute Gasteiger partial charge is 0.481 e. The number of carbonyl (C=O) groups excluding carboxylic acids is 1. The number of nitrogens with zero attached hydrogens (tertiary/aromatic N) is 1. The van der Waals surface area contributed by atoms with Crippen molar-refractivity contribution in [2.24, 2.45) is 5.73 Å². The van der Waals surface area contributed by atoms with Crippen molar-refractivity contribution in [3.8, 4) is 0 Å². The molecule has 21 heavy (non-hydrogen) atoms. The Bertz CT molecular complexity index is 453. The third-order valence-electron chi connectivity index (χ3n) is 3.06. The number of carboxylic acids is 1. The number of hydrogen-bond donors (Lipinski definition) is 2. The lowest BCUT2D eigenvalue weighted by Crippen LogP contribution is -2.44. The second-order valence-corrected chi connectivity index (χ2v) is 5.70. The standard InChI is InChI=1S/C15H22N2O3S/c1-21-11-9-13(16)15(20)17(10-5-8-14(18)19)12-6-3-2-4-7-12/h2-4,6-7,13H,5,8-11,16H2,1H3,(H,18,19)/t13-/m1/s1. The van der Waals surface area contributed by atoms with Crippen LogP contribution in [0.3, 0.4) is 0 Å². The quantitative estimate of drug-likeness (QED) is 0.728. The maximum Gasteiger partial charge on any atom is 0.303 e. The van der Waals surface area contributed by atoms with Gasteiger partial charge in [-0.2, -0.15) is 11.8 Å². The van der Waals surface area contributed by atoms with Crippen LogP contribution in [0.4, 0.5) is 5.69 Å². The summed E-state index contributed by atoms with van der Waals surface area (Å²) in [5, 5.41) is 8.73. The number of nitrogens with two attached hydrogens (primary N) is 1. The number of para-hydroxylation sites is 1. The predicted octanol–water partition coefficient (Wildman–Crippen LogP) is 1.96. The Balaban J connectivity index is 2.76. The number of amides is 1. The Morgan fingerprint density at radius 1 is 1.33 bits per heavy atom. The van der Waals surface area contributed by atoms with Gasteiger partial charge in [0, 0.05) is 18.7 Å². The van der Waals surface area contributed by atoms with E-state index >= 15 is 0 Å². The van der Waals surface area contributed by atoms with Crippen molar-refractivity contribution in [1.29, 1.82) is 0 Å². The monoisotopic (exact) mass is 310 g/mol. The molecular formula is C15H22N2O3S. The van der Waals surface area contributed by atoms with Crippen LogP contribution in [-0.2, 0) is 9.59 Å². The smallest absolute Gasteiger partial charge is 0.303 e. The first-order valence-electron chi connectivity index (χ1n) is 6.89. The number of anilines is 1. The zero-order valence-corrected chi connectivity index (χ0v) is 13.0. The number of carboxylic acid groups (broad SMARTS) is 1. The molecule has 0 aromatic heterocycles. The molecule has 0 aliphatic rings. The van der Waals surface area contributed by atoms with Crippen molar-refractivity contribution in [1.82, 2.24) is 0 Å². The van der Waals surface area contributed by atoms with Gasteiger partial charge in [-0.15, -0.1) is 0 Å². The van der Waals surface area contributed by atoms with E-state index in [-0.39, 0.29) is 12.3 Å². The fraction of sp³-hybridized carbons (Fsp3) is 0.467. The van der Waals surface area contributed by atoms with Crippen LogP contribution < -0.4 is 10.6 Å². The minimum atomic E-state index is -0.859. The molecule has 0 saturated heterocycles. The van der Waals surface area contributed by atoms with Gasteiger partial charge in [0.05, 0.1) is 6.04 Å². The zero-order valence-electron chi connectivity index (χ0n) is 12.2. The summed E-state index contributed by atoms with van der Waals surface area (Å²) in [6, 6.07) is 8.68. The number of benzene rings is 1. The molecule has 6 heteroatoms. The molecule has 0 aliphatic carbocycles. The first-order chi connectivity index (χ1) is 10.1. The molecule has 0 spiro atoms. The molecule has 1 amide bonds. The normalized spacial score (nSPS) is 11.9. The number of rotatable bonds is 9. The fourth-order valence-electron chi connectivity index (χ4n) is 1.93. The van der Waals surface area contributed by atoms with Crippen molar-refractivity contribution in [2.75, 3.05) is 23.5 Å². The van der Waals surface area contributed by atoms with E-state index < -0.39 is 12.0 Å². The maximum atomic E-state index is 12.5. The molecule has 0 saturated carbocycles. The van der Waals surface area contributed by atoms with Crippen molar-refractivity contribution >= 4 is 29.3 Å². The van der Waals surface area contributed by atoms with E-state index in [1.165, 1.54) is 0 Å². The summed E-state index contributed by atoms with van der Waals surface area (Å²) in [6.07, 6.45) is 3.03. The minimum Gasteiger partial charge on any atom is -0.481 e. The first-order valence-corrected chi connectivity index (χ1v) is 8.28. The van der Waals surface area contributed by atoms with Gasteiger partial charge in [-0.1, -0.05) is 18.2 Å². The van der Waals surface area contributed by atoms with Gasteiger partial charge in [-0.05, 0) is 37.0 Å². The molecule has 1 atom stereocenters. The van der Waals surface area contributed by atoms with Crippen LogP contribution in [0.2, 0.25) is 0 Å². The summed E-state index contributed by atoms with van der Waals surface area (Å²) in [5.74, 6) is -0.187. The highest BCUT2D eigenvalue weighted by molar-refractivity contribution is 7.98. The van der Waals surface area contributed by atoms with E-state index in [9.17, 15) is 9.59 Å². The van der Waals surface area contributed by atoms with Gasteiger partial charge in [0.1, 0.15) is 0 Å². The van der Waals surface area contributed by atoms with Crippen LogP contribution in [0.15, 0.2) is 30.3 Å². The highest BCUT2D eigenvalue weighted by atomic mass is 32.2. The summed E-state index contributed by atoms with van der Waals surface area (Å²) in [7, 11) is 0. The molecule has 0 unspecified atom stereocenters. The van der Waals surface area contributed by atoms with Gasteiger partial charge < -0.3 is 15.7 Å². The van der Waals surface area contributed by atoms with E-state index in [4.69, 9.17) is 10.8 Å². The summed E-state index contributed by atoms with van der Waals surface area (Å²) in [4.78, 5) is 24.7. The second-order valence-electron chi connectivity index (χ2n) is 4.71. The molecule has 0 heterocycles. The molecule has 1 aromatic rings. The number of carbonyl (C=O) groups is 2. The van der Waals surface area contributed by atoms with Gasteiger partial charge in [-0.3, -0.25) is 9.59 Å². The van der Waals surface area contributed by atoms with Gasteiger partial charge in [0.15, 0.2) is 0 Å². The Hall–Kier alpha value is -1.53. The molecule has 3 N–H and O–H groups in total. The molecule has 116 valence electrons. The van der Waals surface area contributed by atoms with Crippen LogP contribution in [0.5, 0.6) is 0 Å². The molecule has 0 bridgehead atoms. The number of hydrogen-bond acceptors (Lipinski definition) is 4. The number of aliphatic carboxylic acids is 1. The lowest BCUT2D eigenvalue weighted by atomic mass is 10.1. The van der Waals surface area contributed by atoms with Crippen LogP contribution in [0, 0.1) is 0 Å². The third-order valence-corrected chi connectivity index (χ3v) is 3.70. The Labute approximate surface area is 129 Å². The second kappa shape index (κ2) is 9.41. The number of thioether (sulfide) groups is 1. The Morgan fingerprint density at radius 2 is 2.00 bits per heavy atom. The molecular weight excluding hydrogens is 288 g/mol. The van der Waals surface area contributed by atoms with E-state index in [2.05, 4.69) is 0 Å². The van der Waals surface area contributed by atoms with E-state index in [1.54, 1.807) is 16.7 Å². The zero-order chi connectivity index (χ0) is 15.7. The maximum absolute atomic E-state index is 12.5. The average Bonchev–Trinajstić information content (AvgIpc) is 2.49. The summed E-state index contributed by atoms with van der Waals surface area (Å²) in [6.45, 7) is 0.363. The van der Waals surface area contributed by atoms with E-state index in [1.807, 2.05) is 36.6 Å². The van der Waals surface area contributed by atoms with E-state index in [0.29, 0.717) is 19.4 Å². The molecule has 5 nitrogen and oxygen atoms in total. The topological polar surface area (TPSA) is 83.6 Å². The molecule has 0 fully saturated rings. The summed E-state index contributed by atoms with van der Waals surface area (Å²) >= 11 is 1.65. The minimum absolute atomic E-state index is 0.0384. The summed E-state index contributed by atoms with van der Waals surface area (Å²) in [5.41, 5.74) is 6.71.